The van der Waals surface area contributed by atoms with Crippen LogP contribution in [0.1, 0.15) is 88.6 Å². The van der Waals surface area contributed by atoms with Crippen molar-refractivity contribution in [2.75, 3.05) is 26.4 Å². The van der Waals surface area contributed by atoms with Crippen LogP contribution < -0.4 is 27.5 Å². The van der Waals surface area contributed by atoms with Crippen LogP contribution in [0.25, 0.3) is 21.8 Å². The van der Waals surface area contributed by atoms with Gasteiger partial charge in [0.25, 0.3) is 11.1 Å². The number of carbonyl (C=O) groups is 2. The number of hydrogen-bond donors (Lipinski definition) is 3. The number of carbonyl (C=O) groups excluding carboxylic acids is 2. The summed E-state index contributed by atoms with van der Waals surface area (Å²) in [5.41, 5.74) is 9.34. The molecule has 0 fully saturated rings. The van der Waals surface area contributed by atoms with Gasteiger partial charge in [0, 0.05) is 35.0 Å². The lowest BCUT2D eigenvalue weighted by atomic mass is 9.93. The molecule has 13 nitrogen and oxygen atoms in total. The third-order valence-corrected chi connectivity index (χ3v) is 12.3. The van der Waals surface area contributed by atoms with Crippen molar-refractivity contribution >= 4 is 57.0 Å². The first kappa shape index (κ1) is 53.0. The molecule has 0 radical (unpaired) electrons. The minimum Gasteiger partial charge on any atom is -0.444 e. The average molecular weight is 988 g/mol. The first-order valence-corrected chi connectivity index (χ1v) is 24.3. The second-order valence-corrected chi connectivity index (χ2v) is 19.9. The molecule has 0 saturated carbocycles. The average Bonchev–Trinajstić information content (AvgIpc) is 3.31. The third-order valence-electron chi connectivity index (χ3n) is 11.8. The van der Waals surface area contributed by atoms with Crippen molar-refractivity contribution in [2.45, 2.75) is 85.4 Å². The van der Waals surface area contributed by atoms with Gasteiger partial charge in [-0.2, -0.15) is 0 Å². The molecule has 5 aromatic carbocycles. The van der Waals surface area contributed by atoms with E-state index in [1.807, 2.05) is 112 Å². The summed E-state index contributed by atoms with van der Waals surface area (Å²) in [5.74, 6) is 1.22. The minimum atomic E-state index is -0.561. The van der Waals surface area contributed by atoms with Crippen molar-refractivity contribution in [3.8, 4) is 0 Å². The number of ether oxygens (including phenoxy) is 1. The number of nitrogens with zero attached hydrogens (tertiary/aromatic N) is 5. The van der Waals surface area contributed by atoms with Gasteiger partial charge in [0.2, 0.25) is 5.91 Å². The van der Waals surface area contributed by atoms with Crippen molar-refractivity contribution in [3.63, 3.8) is 0 Å². The van der Waals surface area contributed by atoms with Gasteiger partial charge in [-0.15, -0.1) is 0 Å². The standard InChI is InChI=1S/C29H31ClN4O2.C26H33ClN4O3/c1-20(2)25(18-33(19-31)27(35)15-21-9-5-3-6-10-21)28-32-26-16-23(30)13-14-24(26)29(36)34(28)17-22-11-7-4-8-12-22;1-17(2)21(14-28-16-29-25(33)34-26(3,4)5)23-30-22-13-19(27)11-12-20(22)24(32)31(23)15-18-9-7-6-8-10-18/h3-14,16,20,25H,15,17-19,31H2,1-2H3;6-13,17,21,28H,14-16H2,1-5H3,(H,29,33). The molecule has 7 rings (SSSR count). The van der Waals surface area contributed by atoms with Gasteiger partial charge < -0.3 is 20.7 Å². The van der Waals surface area contributed by atoms with Gasteiger partial charge in [0.1, 0.15) is 17.2 Å². The van der Waals surface area contributed by atoms with Gasteiger partial charge in [-0.1, -0.05) is 142 Å². The molecule has 0 bridgehead atoms. The Balaban J connectivity index is 0.000000230. The summed E-state index contributed by atoms with van der Waals surface area (Å²) in [6.07, 6.45) is -0.221. The van der Waals surface area contributed by atoms with E-state index in [0.29, 0.717) is 69.7 Å². The monoisotopic (exact) mass is 986 g/mol. The van der Waals surface area contributed by atoms with Crippen LogP contribution in [0.5, 0.6) is 0 Å². The van der Waals surface area contributed by atoms with E-state index in [1.165, 1.54) is 0 Å². The second-order valence-electron chi connectivity index (χ2n) is 19.0. The lowest BCUT2D eigenvalue weighted by molar-refractivity contribution is -0.130. The summed E-state index contributed by atoms with van der Waals surface area (Å²) in [6.45, 7) is 15.8. The minimum absolute atomic E-state index is 0.0601. The summed E-state index contributed by atoms with van der Waals surface area (Å²) in [5, 5.41) is 8.06. The van der Waals surface area contributed by atoms with E-state index in [9.17, 15) is 19.2 Å². The van der Waals surface area contributed by atoms with Crippen molar-refractivity contribution in [2.24, 2.45) is 17.6 Å². The zero-order valence-corrected chi connectivity index (χ0v) is 42.5. The second kappa shape index (κ2) is 24.4. The number of rotatable bonds is 17. The van der Waals surface area contributed by atoms with Gasteiger partial charge in [-0.05, 0) is 85.7 Å². The maximum Gasteiger partial charge on any atom is 0.408 e. The Morgan fingerprint density at radius 3 is 1.54 bits per heavy atom. The summed E-state index contributed by atoms with van der Waals surface area (Å²) in [4.78, 5) is 63.8. The van der Waals surface area contributed by atoms with E-state index in [-0.39, 0.29) is 60.5 Å². The third kappa shape index (κ3) is 14.3. The van der Waals surface area contributed by atoms with Crippen LogP contribution in [-0.4, -0.2) is 68.0 Å². The van der Waals surface area contributed by atoms with E-state index in [2.05, 4.69) is 38.3 Å². The molecule has 0 aliphatic heterocycles. The normalized spacial score (nSPS) is 12.4. The van der Waals surface area contributed by atoms with Crippen LogP contribution in [0.3, 0.4) is 0 Å². The predicted octanol–water partition coefficient (Wildman–Crippen LogP) is 9.73. The Morgan fingerprint density at radius 2 is 1.11 bits per heavy atom. The highest BCUT2D eigenvalue weighted by molar-refractivity contribution is 6.31. The fourth-order valence-electron chi connectivity index (χ4n) is 8.12. The molecule has 7 aromatic rings. The molecule has 4 N–H and O–H groups in total. The Morgan fingerprint density at radius 1 is 0.671 bits per heavy atom. The van der Waals surface area contributed by atoms with E-state index >= 15 is 0 Å². The lowest BCUT2D eigenvalue weighted by Crippen LogP contribution is -2.42. The number of benzene rings is 5. The summed E-state index contributed by atoms with van der Waals surface area (Å²) >= 11 is 12.4. The number of fused-ring (bicyclic) bond motifs is 2. The maximum absolute atomic E-state index is 13.7. The lowest BCUT2D eigenvalue weighted by Gasteiger charge is -2.30. The molecular formula is C55H64Cl2N8O5. The zero-order valence-electron chi connectivity index (χ0n) is 41.0. The largest absolute Gasteiger partial charge is 0.444 e. The molecule has 2 atom stereocenters. The predicted molar refractivity (Wildman–Crippen MR) is 281 cm³/mol. The van der Waals surface area contributed by atoms with Gasteiger partial charge in [-0.3, -0.25) is 28.8 Å². The van der Waals surface area contributed by atoms with Gasteiger partial charge in [-0.25, -0.2) is 14.8 Å². The van der Waals surface area contributed by atoms with Crippen molar-refractivity contribution in [1.82, 2.24) is 34.6 Å². The molecule has 2 amide bonds. The molecule has 0 aliphatic rings. The van der Waals surface area contributed by atoms with E-state index in [1.54, 1.807) is 50.4 Å². The van der Waals surface area contributed by atoms with Crippen molar-refractivity contribution in [3.05, 3.63) is 186 Å². The quantitative estimate of drug-likeness (QED) is 0.0595. The molecule has 2 unspecified atom stereocenters. The highest BCUT2D eigenvalue weighted by Gasteiger charge is 2.28. The van der Waals surface area contributed by atoms with E-state index in [4.69, 9.17) is 43.6 Å². The number of hydrogen-bond acceptors (Lipinski definition) is 9. The van der Waals surface area contributed by atoms with E-state index in [0.717, 1.165) is 16.7 Å². The Labute approximate surface area is 420 Å². The molecule has 0 saturated heterocycles. The molecule has 0 spiro atoms. The fraction of sp³-hybridized carbons (Fsp3) is 0.345. The van der Waals surface area contributed by atoms with Crippen LogP contribution >= 0.6 is 23.2 Å². The number of aromatic nitrogens is 4. The van der Waals surface area contributed by atoms with Gasteiger partial charge >= 0.3 is 6.09 Å². The van der Waals surface area contributed by atoms with Gasteiger partial charge in [0.15, 0.2) is 0 Å². The Hall–Kier alpha value is -6.38. The molecule has 2 heterocycles. The Kier molecular flexibility index (Phi) is 18.5. The summed E-state index contributed by atoms with van der Waals surface area (Å²) in [6, 6.07) is 39.6. The topological polar surface area (TPSA) is 166 Å². The smallest absolute Gasteiger partial charge is 0.408 e. The number of alkyl carbamates (subject to hydrolysis) is 1. The molecular weight excluding hydrogens is 924 g/mol. The molecule has 2 aromatic heterocycles. The first-order chi connectivity index (χ1) is 33.4. The number of amides is 2. The molecule has 0 aliphatic carbocycles. The zero-order chi connectivity index (χ0) is 50.5. The molecule has 70 heavy (non-hydrogen) atoms. The number of nitrogens with one attached hydrogen (secondary N) is 2. The Bertz CT molecular complexity index is 2980. The SMILES string of the molecule is CC(C)C(CN(CN)C(=O)Cc1ccccc1)c1nc2cc(Cl)ccc2c(=O)n1Cc1ccccc1.CC(C)C(CNCNC(=O)OC(C)(C)C)c1nc2cc(Cl)ccc2c(=O)n1Cc1ccccc1. The highest BCUT2D eigenvalue weighted by atomic mass is 35.5. The maximum atomic E-state index is 13.7. The van der Waals surface area contributed by atoms with Gasteiger partial charge in [0.05, 0.1) is 54.7 Å². The summed E-state index contributed by atoms with van der Waals surface area (Å²) in [7, 11) is 0. The number of halogens is 2. The van der Waals surface area contributed by atoms with E-state index < -0.39 is 11.7 Å². The van der Waals surface area contributed by atoms with Crippen LogP contribution in [0.15, 0.2) is 137 Å². The van der Waals surface area contributed by atoms with Crippen molar-refractivity contribution < 1.29 is 14.3 Å². The van der Waals surface area contributed by atoms with Crippen LogP contribution in [-0.2, 0) is 29.0 Å². The van der Waals surface area contributed by atoms with Crippen LogP contribution in [0.4, 0.5) is 4.79 Å². The number of nitrogens with two attached hydrogens (primary N) is 1. The first-order valence-electron chi connectivity index (χ1n) is 23.6. The van der Waals surface area contributed by atoms with Crippen LogP contribution in [0, 0.1) is 11.8 Å². The molecule has 15 heteroatoms. The highest BCUT2D eigenvalue weighted by Crippen LogP contribution is 2.28. The molecule has 368 valence electrons. The fourth-order valence-corrected chi connectivity index (χ4v) is 8.45. The van der Waals surface area contributed by atoms with Crippen molar-refractivity contribution in [1.29, 1.82) is 0 Å². The van der Waals surface area contributed by atoms with Crippen LogP contribution in [0.2, 0.25) is 10.0 Å². The summed E-state index contributed by atoms with van der Waals surface area (Å²) < 4.78 is 8.76.